The zero-order valence-corrected chi connectivity index (χ0v) is 10.1. The molecule has 1 aromatic carbocycles. The van der Waals surface area contributed by atoms with Crippen molar-refractivity contribution in [3.63, 3.8) is 0 Å². The summed E-state index contributed by atoms with van der Waals surface area (Å²) in [5.74, 6) is 0. The van der Waals surface area contributed by atoms with Gasteiger partial charge in [-0.2, -0.15) is 0 Å². The van der Waals surface area contributed by atoms with E-state index < -0.39 is 0 Å². The maximum atomic E-state index is 6.12. The zero-order chi connectivity index (χ0) is 10.6. The van der Waals surface area contributed by atoms with E-state index in [1.165, 1.54) is 16.7 Å². The first kappa shape index (κ1) is 11.6. The van der Waals surface area contributed by atoms with Gasteiger partial charge in [0.05, 0.1) is 0 Å². The van der Waals surface area contributed by atoms with Crippen LogP contribution in [0.1, 0.15) is 36.5 Å². The fourth-order valence-electron chi connectivity index (χ4n) is 1.75. The van der Waals surface area contributed by atoms with Crippen molar-refractivity contribution in [2.45, 2.75) is 45.4 Å². The fourth-order valence-corrected chi connectivity index (χ4v) is 1.86. The van der Waals surface area contributed by atoms with Gasteiger partial charge in [0.15, 0.2) is 0 Å². The average Bonchev–Trinajstić information content (AvgIpc) is 2.16. The van der Waals surface area contributed by atoms with Crippen molar-refractivity contribution in [3.05, 3.63) is 34.9 Å². The van der Waals surface area contributed by atoms with E-state index in [0.717, 1.165) is 19.3 Å². The van der Waals surface area contributed by atoms with Crippen molar-refractivity contribution in [1.82, 2.24) is 0 Å². The Morgan fingerprint density at radius 3 is 2.29 bits per heavy atom. The number of benzene rings is 1. The lowest BCUT2D eigenvalue weighted by Crippen LogP contribution is -2.01. The molecule has 1 rings (SSSR count). The molecule has 1 atom stereocenters. The quantitative estimate of drug-likeness (QED) is 0.652. The number of hydrogen-bond donors (Lipinski definition) is 0. The van der Waals surface area contributed by atoms with E-state index in [9.17, 15) is 0 Å². The molecule has 0 aliphatic carbocycles. The first-order valence-corrected chi connectivity index (χ1v) is 5.78. The summed E-state index contributed by atoms with van der Waals surface area (Å²) < 4.78 is 0. The normalized spacial score (nSPS) is 12.9. The number of aryl methyl sites for hydroxylation is 2. The molecular weight excluding hydrogens is 192 g/mol. The fraction of sp³-hybridized carbons (Fsp3) is 0.538. The van der Waals surface area contributed by atoms with Crippen LogP contribution in [0.3, 0.4) is 0 Å². The highest BCUT2D eigenvalue weighted by molar-refractivity contribution is 6.20. The van der Waals surface area contributed by atoms with E-state index in [1.807, 2.05) is 0 Å². The number of alkyl halides is 1. The summed E-state index contributed by atoms with van der Waals surface area (Å²) in [5.41, 5.74) is 4.27. The summed E-state index contributed by atoms with van der Waals surface area (Å²) in [7, 11) is 0. The molecule has 0 aromatic heterocycles. The Labute approximate surface area is 92.3 Å². The van der Waals surface area contributed by atoms with Gasteiger partial charge in [0, 0.05) is 5.38 Å². The minimum absolute atomic E-state index is 0.328. The summed E-state index contributed by atoms with van der Waals surface area (Å²) >= 11 is 6.12. The molecule has 1 aromatic rings. The van der Waals surface area contributed by atoms with Gasteiger partial charge in [0.2, 0.25) is 0 Å². The lowest BCUT2D eigenvalue weighted by molar-refractivity contribution is 0.722. The van der Waals surface area contributed by atoms with Gasteiger partial charge in [-0.3, -0.25) is 0 Å². The van der Waals surface area contributed by atoms with Crippen LogP contribution in [0.2, 0.25) is 0 Å². The zero-order valence-electron chi connectivity index (χ0n) is 9.31. The molecule has 0 radical (unpaired) electrons. The lowest BCUT2D eigenvalue weighted by Gasteiger charge is -2.11. The number of rotatable bonds is 4. The maximum absolute atomic E-state index is 6.12. The highest BCUT2D eigenvalue weighted by Gasteiger charge is 2.05. The van der Waals surface area contributed by atoms with E-state index in [-0.39, 0.29) is 0 Å². The number of hydrogen-bond acceptors (Lipinski definition) is 0. The molecule has 1 unspecified atom stereocenters. The van der Waals surface area contributed by atoms with Crippen LogP contribution >= 0.6 is 11.6 Å². The first-order valence-electron chi connectivity index (χ1n) is 5.34. The van der Waals surface area contributed by atoms with Crippen LogP contribution < -0.4 is 0 Å². The Kier molecular flexibility index (Phi) is 4.47. The molecule has 0 fully saturated rings. The van der Waals surface area contributed by atoms with E-state index in [1.54, 1.807) is 0 Å². The third kappa shape index (κ3) is 3.02. The Bertz CT molecular complexity index is 271. The van der Waals surface area contributed by atoms with Gasteiger partial charge in [0.25, 0.3) is 0 Å². The molecule has 0 N–H and O–H groups in total. The van der Waals surface area contributed by atoms with Gasteiger partial charge in [-0.15, -0.1) is 11.6 Å². The van der Waals surface area contributed by atoms with E-state index >= 15 is 0 Å². The molecule has 0 spiro atoms. The summed E-state index contributed by atoms with van der Waals surface area (Å²) in [6, 6.07) is 6.47. The topological polar surface area (TPSA) is 0 Å². The van der Waals surface area contributed by atoms with Crippen LogP contribution in [0.5, 0.6) is 0 Å². The van der Waals surface area contributed by atoms with Crippen LogP contribution in [0.15, 0.2) is 18.2 Å². The molecule has 78 valence electrons. The minimum Gasteiger partial charge on any atom is -0.123 e. The van der Waals surface area contributed by atoms with Gasteiger partial charge < -0.3 is 0 Å². The second-order valence-electron chi connectivity index (χ2n) is 3.91. The van der Waals surface area contributed by atoms with Crippen molar-refractivity contribution in [2.75, 3.05) is 0 Å². The van der Waals surface area contributed by atoms with Crippen LogP contribution in [0.4, 0.5) is 0 Å². The molecule has 0 nitrogen and oxygen atoms in total. The molecule has 0 saturated carbocycles. The van der Waals surface area contributed by atoms with Crippen molar-refractivity contribution < 1.29 is 0 Å². The van der Waals surface area contributed by atoms with Gasteiger partial charge >= 0.3 is 0 Å². The second kappa shape index (κ2) is 5.41. The van der Waals surface area contributed by atoms with Crippen LogP contribution in [0, 0.1) is 13.8 Å². The van der Waals surface area contributed by atoms with Crippen LogP contribution in [0.25, 0.3) is 0 Å². The lowest BCUT2D eigenvalue weighted by atomic mass is 9.97. The standard InChI is InChI=1S/C13H19Cl/c1-4-12(14)8-9-13-10(2)6-5-7-11(13)3/h5-7,12H,4,8-9H2,1-3H3. The summed E-state index contributed by atoms with van der Waals surface area (Å²) in [6.45, 7) is 6.50. The summed E-state index contributed by atoms with van der Waals surface area (Å²) in [4.78, 5) is 0. The SMILES string of the molecule is CCC(Cl)CCc1c(C)cccc1C. The maximum Gasteiger partial charge on any atom is 0.0336 e. The monoisotopic (exact) mass is 210 g/mol. The molecule has 1 heteroatoms. The van der Waals surface area contributed by atoms with Crippen molar-refractivity contribution in [2.24, 2.45) is 0 Å². The smallest absolute Gasteiger partial charge is 0.0336 e. The summed E-state index contributed by atoms with van der Waals surface area (Å²) in [6.07, 6.45) is 3.26. The van der Waals surface area contributed by atoms with Crippen LogP contribution in [-0.2, 0) is 6.42 Å². The average molecular weight is 211 g/mol. The first-order chi connectivity index (χ1) is 6.65. The van der Waals surface area contributed by atoms with E-state index in [2.05, 4.69) is 39.0 Å². The van der Waals surface area contributed by atoms with Gasteiger partial charge in [-0.25, -0.2) is 0 Å². The van der Waals surface area contributed by atoms with Crippen molar-refractivity contribution >= 4 is 11.6 Å². The molecule has 0 heterocycles. The Hall–Kier alpha value is -0.490. The molecular formula is C13H19Cl. The third-order valence-corrected chi connectivity index (χ3v) is 3.32. The molecule has 0 saturated heterocycles. The molecule has 0 amide bonds. The molecule has 0 aliphatic rings. The van der Waals surface area contributed by atoms with Gasteiger partial charge in [-0.05, 0) is 49.8 Å². The largest absolute Gasteiger partial charge is 0.123 e. The van der Waals surface area contributed by atoms with Crippen LogP contribution in [-0.4, -0.2) is 5.38 Å². The summed E-state index contributed by atoms with van der Waals surface area (Å²) in [5, 5.41) is 0.328. The third-order valence-electron chi connectivity index (χ3n) is 2.80. The van der Waals surface area contributed by atoms with Gasteiger partial charge in [-0.1, -0.05) is 25.1 Å². The van der Waals surface area contributed by atoms with E-state index in [0.29, 0.717) is 5.38 Å². The molecule has 0 bridgehead atoms. The second-order valence-corrected chi connectivity index (χ2v) is 4.53. The Morgan fingerprint density at radius 1 is 1.21 bits per heavy atom. The number of halogens is 1. The van der Waals surface area contributed by atoms with E-state index in [4.69, 9.17) is 11.6 Å². The molecule has 0 aliphatic heterocycles. The molecule has 14 heavy (non-hydrogen) atoms. The predicted molar refractivity (Wildman–Crippen MR) is 64.2 cm³/mol. The highest BCUT2D eigenvalue weighted by atomic mass is 35.5. The minimum atomic E-state index is 0.328. The highest BCUT2D eigenvalue weighted by Crippen LogP contribution is 2.18. The van der Waals surface area contributed by atoms with Gasteiger partial charge in [0.1, 0.15) is 0 Å². The van der Waals surface area contributed by atoms with Crippen molar-refractivity contribution in [3.8, 4) is 0 Å². The predicted octanol–water partition coefficient (Wildman–Crippen LogP) is 4.25. The Balaban J connectivity index is 2.66. The van der Waals surface area contributed by atoms with Crippen molar-refractivity contribution in [1.29, 1.82) is 0 Å². The Morgan fingerprint density at radius 2 is 1.79 bits per heavy atom.